The molecule has 0 aromatic heterocycles. The predicted molar refractivity (Wildman–Crippen MR) is 35.4 cm³/mol. The molecule has 0 atom stereocenters. The predicted octanol–water partition coefficient (Wildman–Crippen LogP) is 0.459. The first kappa shape index (κ1) is 8.43. The summed E-state index contributed by atoms with van der Waals surface area (Å²) in [6.45, 7) is 3.70. The molecule has 3 heteroatoms. The van der Waals surface area contributed by atoms with Gasteiger partial charge in [0.05, 0.1) is 6.42 Å². The molecule has 0 aromatic carbocycles. The number of aliphatic carboxylic acids is 1. The second-order valence-corrected chi connectivity index (χ2v) is 2.70. The van der Waals surface area contributed by atoms with Gasteiger partial charge in [-0.1, -0.05) is 0 Å². The lowest BCUT2D eigenvalue weighted by molar-refractivity contribution is -0.138. The van der Waals surface area contributed by atoms with Crippen LogP contribution in [-0.4, -0.2) is 23.7 Å². The molecule has 0 radical (unpaired) electrons. The first-order valence-electron chi connectivity index (χ1n) is 2.88. The van der Waals surface area contributed by atoms with Crippen LogP contribution in [0.5, 0.6) is 0 Å². The number of carboxylic acid groups (broad SMARTS) is 1. The minimum Gasteiger partial charge on any atom is -0.481 e. The maximum Gasteiger partial charge on any atom is 0.305 e. The summed E-state index contributed by atoms with van der Waals surface area (Å²) in [4.78, 5) is 10.1. The molecular formula is C6H13NO2. The molecule has 0 saturated carbocycles. The lowest BCUT2D eigenvalue weighted by atomic mass is 10.0. The smallest absolute Gasteiger partial charge is 0.305 e. The van der Waals surface area contributed by atoms with Crippen molar-refractivity contribution >= 4 is 5.97 Å². The number of hydrogen-bond donors (Lipinski definition) is 2. The van der Waals surface area contributed by atoms with E-state index in [1.165, 1.54) is 0 Å². The zero-order valence-corrected chi connectivity index (χ0v) is 6.06. The topological polar surface area (TPSA) is 49.3 Å². The minimum atomic E-state index is -0.769. The first-order chi connectivity index (χ1) is 3.98. The van der Waals surface area contributed by atoms with Crippen LogP contribution in [0.15, 0.2) is 0 Å². The lowest BCUT2D eigenvalue weighted by Gasteiger charge is -2.20. The van der Waals surface area contributed by atoms with Crippen molar-refractivity contribution in [1.29, 1.82) is 0 Å². The van der Waals surface area contributed by atoms with Crippen LogP contribution < -0.4 is 5.32 Å². The molecular weight excluding hydrogens is 118 g/mol. The Kier molecular flexibility index (Phi) is 2.65. The van der Waals surface area contributed by atoms with Gasteiger partial charge in [0.2, 0.25) is 0 Å². The molecule has 54 valence electrons. The van der Waals surface area contributed by atoms with Crippen LogP contribution in [0.25, 0.3) is 0 Å². The van der Waals surface area contributed by atoms with Crippen LogP contribution in [-0.2, 0) is 4.79 Å². The van der Waals surface area contributed by atoms with Gasteiger partial charge < -0.3 is 10.4 Å². The zero-order valence-electron chi connectivity index (χ0n) is 6.06. The molecule has 3 nitrogen and oxygen atoms in total. The zero-order chi connectivity index (χ0) is 7.49. The van der Waals surface area contributed by atoms with E-state index in [9.17, 15) is 4.79 Å². The normalized spacial score (nSPS) is 11.4. The third-order valence-corrected chi connectivity index (χ3v) is 1.27. The Morgan fingerprint density at radius 1 is 1.67 bits per heavy atom. The number of carbonyl (C=O) groups is 1. The first-order valence-corrected chi connectivity index (χ1v) is 2.88. The van der Waals surface area contributed by atoms with Gasteiger partial charge in [0, 0.05) is 5.54 Å². The standard InChI is InChI=1S/C6H13NO2/c1-6(2,7-3)4-5(8)9/h7H,4H2,1-3H3,(H,8,9). The largest absolute Gasteiger partial charge is 0.481 e. The van der Waals surface area contributed by atoms with E-state index in [0.717, 1.165) is 0 Å². The number of carboxylic acids is 1. The average molecular weight is 131 g/mol. The van der Waals surface area contributed by atoms with E-state index < -0.39 is 5.97 Å². The maximum atomic E-state index is 10.1. The number of rotatable bonds is 3. The van der Waals surface area contributed by atoms with Crippen molar-refractivity contribution in [3.05, 3.63) is 0 Å². The lowest BCUT2D eigenvalue weighted by Crippen LogP contribution is -2.38. The summed E-state index contributed by atoms with van der Waals surface area (Å²) < 4.78 is 0. The van der Waals surface area contributed by atoms with E-state index in [1.54, 1.807) is 7.05 Å². The third kappa shape index (κ3) is 3.97. The van der Waals surface area contributed by atoms with E-state index in [4.69, 9.17) is 5.11 Å². The molecule has 0 unspecified atom stereocenters. The molecule has 0 fully saturated rings. The highest BCUT2D eigenvalue weighted by atomic mass is 16.4. The second kappa shape index (κ2) is 2.82. The van der Waals surface area contributed by atoms with Crippen molar-refractivity contribution in [3.8, 4) is 0 Å². The third-order valence-electron chi connectivity index (χ3n) is 1.27. The summed E-state index contributed by atoms with van der Waals surface area (Å²) in [5, 5.41) is 11.2. The molecule has 0 bridgehead atoms. The van der Waals surface area contributed by atoms with Gasteiger partial charge in [-0.05, 0) is 20.9 Å². The van der Waals surface area contributed by atoms with Gasteiger partial charge in [-0.25, -0.2) is 0 Å². The molecule has 0 aliphatic rings. The minimum absolute atomic E-state index is 0.156. The van der Waals surface area contributed by atoms with Gasteiger partial charge in [-0.3, -0.25) is 4.79 Å². The summed E-state index contributed by atoms with van der Waals surface area (Å²) >= 11 is 0. The Bertz CT molecular complexity index is 110. The van der Waals surface area contributed by atoms with Crippen molar-refractivity contribution in [3.63, 3.8) is 0 Å². The van der Waals surface area contributed by atoms with Crippen molar-refractivity contribution in [2.75, 3.05) is 7.05 Å². The maximum absolute atomic E-state index is 10.1. The Hall–Kier alpha value is -0.570. The van der Waals surface area contributed by atoms with Crippen LogP contribution >= 0.6 is 0 Å². The molecule has 0 aliphatic heterocycles. The van der Waals surface area contributed by atoms with Crippen LogP contribution in [0, 0.1) is 0 Å². The Morgan fingerprint density at radius 3 is 2.22 bits per heavy atom. The summed E-state index contributed by atoms with van der Waals surface area (Å²) in [7, 11) is 1.75. The Morgan fingerprint density at radius 2 is 2.11 bits per heavy atom. The molecule has 0 spiro atoms. The van der Waals surface area contributed by atoms with Gasteiger partial charge in [0.15, 0.2) is 0 Å². The van der Waals surface area contributed by atoms with Crippen molar-refractivity contribution in [2.24, 2.45) is 0 Å². The van der Waals surface area contributed by atoms with Crippen molar-refractivity contribution in [1.82, 2.24) is 5.32 Å². The molecule has 0 heterocycles. The van der Waals surface area contributed by atoms with Gasteiger partial charge in [-0.2, -0.15) is 0 Å². The molecule has 0 saturated heterocycles. The van der Waals surface area contributed by atoms with Gasteiger partial charge in [0.1, 0.15) is 0 Å². The van der Waals surface area contributed by atoms with E-state index in [1.807, 2.05) is 13.8 Å². The fourth-order valence-corrected chi connectivity index (χ4v) is 0.466. The van der Waals surface area contributed by atoms with Gasteiger partial charge >= 0.3 is 5.97 Å². The van der Waals surface area contributed by atoms with Crippen LogP contribution in [0.2, 0.25) is 0 Å². The fraction of sp³-hybridized carbons (Fsp3) is 0.833. The monoisotopic (exact) mass is 131 g/mol. The molecule has 0 aliphatic carbocycles. The number of hydrogen-bond acceptors (Lipinski definition) is 2. The SMILES string of the molecule is CNC(C)(C)CC(=O)O. The Balaban J connectivity index is 3.71. The highest BCUT2D eigenvalue weighted by Gasteiger charge is 2.17. The molecule has 0 amide bonds. The molecule has 0 rings (SSSR count). The summed E-state index contributed by atoms with van der Waals surface area (Å²) in [5.41, 5.74) is -0.286. The second-order valence-electron chi connectivity index (χ2n) is 2.70. The number of nitrogens with one attached hydrogen (secondary N) is 1. The van der Waals surface area contributed by atoms with Gasteiger partial charge in [0.25, 0.3) is 0 Å². The van der Waals surface area contributed by atoms with Crippen molar-refractivity contribution < 1.29 is 9.90 Å². The molecule has 2 N–H and O–H groups in total. The highest BCUT2D eigenvalue weighted by molar-refractivity contribution is 5.68. The van der Waals surface area contributed by atoms with Crippen LogP contribution in [0.4, 0.5) is 0 Å². The van der Waals surface area contributed by atoms with Gasteiger partial charge in [-0.15, -0.1) is 0 Å². The molecule has 0 aromatic rings. The summed E-state index contributed by atoms with van der Waals surface area (Å²) in [6, 6.07) is 0. The van der Waals surface area contributed by atoms with E-state index in [-0.39, 0.29) is 12.0 Å². The van der Waals surface area contributed by atoms with E-state index >= 15 is 0 Å². The molecule has 9 heavy (non-hydrogen) atoms. The van der Waals surface area contributed by atoms with Crippen molar-refractivity contribution in [2.45, 2.75) is 25.8 Å². The highest BCUT2D eigenvalue weighted by Crippen LogP contribution is 2.05. The van der Waals surface area contributed by atoms with E-state index in [0.29, 0.717) is 0 Å². The van der Waals surface area contributed by atoms with Crippen LogP contribution in [0.3, 0.4) is 0 Å². The quantitative estimate of drug-likeness (QED) is 0.585. The summed E-state index contributed by atoms with van der Waals surface area (Å²) in [6.07, 6.45) is 0.156. The fourth-order valence-electron chi connectivity index (χ4n) is 0.466. The Labute approximate surface area is 55.1 Å². The summed E-state index contributed by atoms with van der Waals surface area (Å²) in [5.74, 6) is -0.769. The van der Waals surface area contributed by atoms with E-state index in [2.05, 4.69) is 5.32 Å². The average Bonchev–Trinajstić information content (AvgIpc) is 1.63. The van der Waals surface area contributed by atoms with Crippen LogP contribution in [0.1, 0.15) is 20.3 Å².